The molecule has 94 valence electrons. The summed E-state index contributed by atoms with van der Waals surface area (Å²) < 4.78 is 10.0. The number of benzene rings is 1. The summed E-state index contributed by atoms with van der Waals surface area (Å²) in [6, 6.07) is 8.70. The second-order valence-electron chi connectivity index (χ2n) is 3.78. The van der Waals surface area contributed by atoms with Crippen molar-refractivity contribution in [3.05, 3.63) is 30.3 Å². The van der Waals surface area contributed by atoms with E-state index in [2.05, 4.69) is 0 Å². The number of amides is 1. The molecule has 2 N–H and O–H groups in total. The zero-order chi connectivity index (χ0) is 12.7. The maximum Gasteiger partial charge on any atom is 0.415 e. The lowest BCUT2D eigenvalue weighted by molar-refractivity contribution is 0.140. The first-order valence-corrected chi connectivity index (χ1v) is 5.36. The molecular weight excluding hydrogens is 220 g/mol. The third-order valence-electron chi connectivity index (χ3n) is 2.15. The number of hydrogen-bond acceptors (Lipinski definition) is 4. The number of carbonyl (C=O) groups is 1. The van der Waals surface area contributed by atoms with Crippen LogP contribution in [0.25, 0.3) is 0 Å². The fourth-order valence-electron chi connectivity index (χ4n) is 1.36. The molecule has 0 saturated carbocycles. The van der Waals surface area contributed by atoms with E-state index in [9.17, 15) is 4.79 Å². The molecular formula is C12H18N2O3. The first kappa shape index (κ1) is 13.5. The predicted octanol–water partition coefficient (Wildman–Crippen LogP) is 1.09. The van der Waals surface area contributed by atoms with E-state index in [0.717, 1.165) is 0 Å². The second kappa shape index (κ2) is 6.88. The number of carbonyl (C=O) groups excluding carboxylic acids is 1. The van der Waals surface area contributed by atoms with Crippen LogP contribution in [-0.4, -0.2) is 44.3 Å². The van der Waals surface area contributed by atoms with Gasteiger partial charge in [-0.3, -0.25) is 0 Å². The number of nitrogens with two attached hydrogens (primary N) is 1. The number of ether oxygens (including phenoxy) is 2. The molecule has 17 heavy (non-hydrogen) atoms. The van der Waals surface area contributed by atoms with Crippen LogP contribution in [0.2, 0.25) is 0 Å². The SMILES string of the molecule is COCC(N)CN(C)C(=O)Oc1ccccc1. The number of nitrogens with zero attached hydrogens (tertiary/aromatic N) is 1. The quantitative estimate of drug-likeness (QED) is 0.834. The van der Waals surface area contributed by atoms with Crippen molar-refractivity contribution in [3.8, 4) is 5.75 Å². The molecule has 1 aromatic rings. The van der Waals surface area contributed by atoms with Crippen molar-refractivity contribution in [1.82, 2.24) is 4.90 Å². The van der Waals surface area contributed by atoms with Gasteiger partial charge in [-0.1, -0.05) is 18.2 Å². The smallest absolute Gasteiger partial charge is 0.410 e. The van der Waals surface area contributed by atoms with Crippen LogP contribution < -0.4 is 10.5 Å². The Balaban J connectivity index is 2.42. The molecule has 1 aromatic carbocycles. The molecule has 1 unspecified atom stereocenters. The van der Waals surface area contributed by atoms with Crippen molar-refractivity contribution in [2.75, 3.05) is 27.3 Å². The van der Waals surface area contributed by atoms with Gasteiger partial charge in [-0.15, -0.1) is 0 Å². The Morgan fingerprint density at radius 1 is 1.41 bits per heavy atom. The van der Waals surface area contributed by atoms with Crippen molar-refractivity contribution in [2.45, 2.75) is 6.04 Å². The number of methoxy groups -OCH3 is 1. The van der Waals surface area contributed by atoms with Crippen LogP contribution >= 0.6 is 0 Å². The van der Waals surface area contributed by atoms with Gasteiger partial charge in [0.1, 0.15) is 5.75 Å². The van der Waals surface area contributed by atoms with E-state index in [1.807, 2.05) is 6.07 Å². The normalized spacial score (nSPS) is 11.9. The molecule has 0 aliphatic carbocycles. The third kappa shape index (κ3) is 4.84. The standard InChI is InChI=1S/C12H18N2O3/c1-14(8-10(13)9-16-2)12(15)17-11-6-4-3-5-7-11/h3-7,10H,8-9,13H2,1-2H3. The monoisotopic (exact) mass is 238 g/mol. The van der Waals surface area contributed by atoms with Gasteiger partial charge in [0.25, 0.3) is 0 Å². The summed E-state index contributed by atoms with van der Waals surface area (Å²) in [5.74, 6) is 0.518. The van der Waals surface area contributed by atoms with Gasteiger partial charge in [0.15, 0.2) is 0 Å². The summed E-state index contributed by atoms with van der Waals surface area (Å²) in [7, 11) is 3.21. The zero-order valence-corrected chi connectivity index (χ0v) is 10.1. The Bertz CT molecular complexity index is 343. The first-order valence-electron chi connectivity index (χ1n) is 5.36. The van der Waals surface area contributed by atoms with E-state index in [4.69, 9.17) is 15.2 Å². The minimum absolute atomic E-state index is 0.215. The lowest BCUT2D eigenvalue weighted by atomic mass is 10.3. The van der Waals surface area contributed by atoms with Crippen LogP contribution in [0.4, 0.5) is 4.79 Å². The minimum atomic E-state index is -0.428. The maximum absolute atomic E-state index is 11.7. The van der Waals surface area contributed by atoms with Gasteiger partial charge >= 0.3 is 6.09 Å². The summed E-state index contributed by atoms with van der Waals surface area (Å²) >= 11 is 0. The number of rotatable bonds is 5. The van der Waals surface area contributed by atoms with E-state index < -0.39 is 6.09 Å². The molecule has 5 heteroatoms. The van der Waals surface area contributed by atoms with Gasteiger partial charge in [0.05, 0.1) is 6.61 Å². The minimum Gasteiger partial charge on any atom is -0.410 e. The van der Waals surface area contributed by atoms with Gasteiger partial charge < -0.3 is 20.1 Å². The van der Waals surface area contributed by atoms with Crippen molar-refractivity contribution in [3.63, 3.8) is 0 Å². The molecule has 0 aromatic heterocycles. The van der Waals surface area contributed by atoms with Crippen molar-refractivity contribution >= 4 is 6.09 Å². The summed E-state index contributed by atoms with van der Waals surface area (Å²) in [6.07, 6.45) is -0.428. The Morgan fingerprint density at radius 2 is 2.06 bits per heavy atom. The van der Waals surface area contributed by atoms with E-state index in [-0.39, 0.29) is 6.04 Å². The maximum atomic E-state index is 11.7. The molecule has 0 fully saturated rings. The highest BCUT2D eigenvalue weighted by Gasteiger charge is 2.14. The topological polar surface area (TPSA) is 64.8 Å². The molecule has 0 radical (unpaired) electrons. The highest BCUT2D eigenvalue weighted by molar-refractivity contribution is 5.70. The fourth-order valence-corrected chi connectivity index (χ4v) is 1.36. The number of para-hydroxylation sites is 1. The van der Waals surface area contributed by atoms with Crippen molar-refractivity contribution < 1.29 is 14.3 Å². The van der Waals surface area contributed by atoms with E-state index in [1.165, 1.54) is 4.90 Å². The Labute approximate surface area is 101 Å². The molecule has 1 amide bonds. The van der Waals surface area contributed by atoms with Crippen LogP contribution in [0.5, 0.6) is 5.75 Å². The zero-order valence-electron chi connectivity index (χ0n) is 10.1. The van der Waals surface area contributed by atoms with Crippen molar-refractivity contribution in [2.24, 2.45) is 5.73 Å². The average molecular weight is 238 g/mol. The number of hydrogen-bond donors (Lipinski definition) is 1. The van der Waals surface area contributed by atoms with Gasteiger partial charge in [0.2, 0.25) is 0 Å². The largest absolute Gasteiger partial charge is 0.415 e. The summed E-state index contributed by atoms with van der Waals surface area (Å²) in [6.45, 7) is 0.794. The molecule has 0 heterocycles. The molecule has 1 atom stereocenters. The summed E-state index contributed by atoms with van der Waals surface area (Å²) in [4.78, 5) is 13.1. The van der Waals surface area contributed by atoms with E-state index in [0.29, 0.717) is 18.9 Å². The van der Waals surface area contributed by atoms with Gasteiger partial charge in [-0.05, 0) is 12.1 Å². The second-order valence-corrected chi connectivity index (χ2v) is 3.78. The van der Waals surface area contributed by atoms with Crippen LogP contribution in [0, 0.1) is 0 Å². The Morgan fingerprint density at radius 3 is 2.65 bits per heavy atom. The summed E-state index contributed by atoms with van der Waals surface area (Å²) in [5.41, 5.74) is 5.74. The molecule has 0 saturated heterocycles. The number of likely N-dealkylation sites (N-methyl/N-ethyl adjacent to an activating group) is 1. The van der Waals surface area contributed by atoms with E-state index >= 15 is 0 Å². The Kier molecular flexibility index (Phi) is 5.45. The molecule has 0 aliphatic rings. The van der Waals surface area contributed by atoms with Crippen LogP contribution in [-0.2, 0) is 4.74 Å². The Hall–Kier alpha value is -1.59. The summed E-state index contributed by atoms with van der Waals surface area (Å²) in [5, 5.41) is 0. The molecule has 1 rings (SSSR count). The van der Waals surface area contributed by atoms with Gasteiger partial charge in [-0.25, -0.2) is 4.79 Å². The molecule has 0 spiro atoms. The van der Waals surface area contributed by atoms with Crippen molar-refractivity contribution in [1.29, 1.82) is 0 Å². The fraction of sp³-hybridized carbons (Fsp3) is 0.417. The lowest BCUT2D eigenvalue weighted by Crippen LogP contribution is -2.42. The molecule has 5 nitrogen and oxygen atoms in total. The van der Waals surface area contributed by atoms with Crippen LogP contribution in [0.1, 0.15) is 0 Å². The first-order chi connectivity index (χ1) is 8.13. The van der Waals surface area contributed by atoms with Gasteiger partial charge in [-0.2, -0.15) is 0 Å². The van der Waals surface area contributed by atoms with Gasteiger partial charge in [0, 0.05) is 26.7 Å². The lowest BCUT2D eigenvalue weighted by Gasteiger charge is -2.20. The van der Waals surface area contributed by atoms with E-state index in [1.54, 1.807) is 38.4 Å². The predicted molar refractivity (Wildman–Crippen MR) is 64.9 cm³/mol. The molecule has 0 bridgehead atoms. The highest BCUT2D eigenvalue weighted by Crippen LogP contribution is 2.09. The van der Waals surface area contributed by atoms with Crippen LogP contribution in [0.3, 0.4) is 0 Å². The molecule has 0 aliphatic heterocycles. The third-order valence-corrected chi connectivity index (χ3v) is 2.15. The highest BCUT2D eigenvalue weighted by atomic mass is 16.6. The average Bonchev–Trinajstić information content (AvgIpc) is 2.30. The van der Waals surface area contributed by atoms with Crippen LogP contribution in [0.15, 0.2) is 30.3 Å².